The van der Waals surface area contributed by atoms with Crippen molar-refractivity contribution in [1.82, 2.24) is 0 Å². The number of non-ortho nitro benzene ring substituents is 3. The lowest BCUT2D eigenvalue weighted by molar-refractivity contribution is -0.385. The third-order valence-corrected chi connectivity index (χ3v) is 8.00. The minimum Gasteiger partial charge on any atom is -0.431 e. The first-order valence-corrected chi connectivity index (χ1v) is 20.4. The van der Waals surface area contributed by atoms with Crippen LogP contribution in [0.25, 0.3) is 0 Å². The van der Waals surface area contributed by atoms with Gasteiger partial charge < -0.3 is 62.0 Å². The van der Waals surface area contributed by atoms with Crippen LogP contribution in [0.15, 0.2) is 72.8 Å². The predicted molar refractivity (Wildman–Crippen MR) is 233 cm³/mol. The van der Waals surface area contributed by atoms with E-state index >= 15 is 0 Å². The average molecular weight is 986 g/mol. The molecule has 0 spiro atoms. The summed E-state index contributed by atoms with van der Waals surface area (Å²) in [7, 11) is 0. The number of nitro groups is 3. The highest BCUT2D eigenvalue weighted by Crippen LogP contribution is 2.25. The van der Waals surface area contributed by atoms with Gasteiger partial charge in [-0.3, -0.25) is 30.3 Å². The lowest BCUT2D eigenvalue weighted by Crippen LogP contribution is -2.26. The number of ether oxygens (including phenoxy) is 11. The molecule has 3 unspecified atom stereocenters. The molecule has 26 heteroatoms. The van der Waals surface area contributed by atoms with E-state index in [9.17, 15) is 49.5 Å². The van der Waals surface area contributed by atoms with Gasteiger partial charge in [-0.1, -0.05) is 0 Å². The predicted octanol–water partition coefficient (Wildman–Crippen LogP) is 7.58. The molecule has 68 heavy (non-hydrogen) atoms. The first-order valence-electron chi connectivity index (χ1n) is 20.0. The number of benzene rings is 3. The second-order valence-corrected chi connectivity index (χ2v) is 15.7. The Morgan fingerprint density at radius 2 is 0.824 bits per heavy atom. The van der Waals surface area contributed by atoms with E-state index in [-0.39, 0.29) is 78.2 Å². The maximum absolute atomic E-state index is 11.5. The van der Waals surface area contributed by atoms with Gasteiger partial charge in [0, 0.05) is 48.0 Å². The van der Waals surface area contributed by atoms with Gasteiger partial charge in [-0.2, -0.15) is 0 Å². The number of aliphatic hydroxyl groups is 1. The number of aliphatic hydroxyl groups excluding tert-OH is 1. The number of hydrogen-bond donors (Lipinski definition) is 1. The summed E-state index contributed by atoms with van der Waals surface area (Å²) in [6.45, 7) is 15.0. The molecule has 3 aliphatic rings. The van der Waals surface area contributed by atoms with Crippen LogP contribution in [0.4, 0.5) is 31.4 Å². The van der Waals surface area contributed by atoms with Crippen LogP contribution < -0.4 is 14.2 Å². The number of rotatable bonds is 11. The molecule has 3 fully saturated rings. The van der Waals surface area contributed by atoms with Crippen molar-refractivity contribution in [3.8, 4) is 17.2 Å². The molecule has 3 aromatic rings. The van der Waals surface area contributed by atoms with E-state index in [1.54, 1.807) is 27.7 Å². The number of halogens is 1. The number of nitro benzene ring substituents is 3. The van der Waals surface area contributed by atoms with Gasteiger partial charge in [0.15, 0.2) is 17.4 Å². The third kappa shape index (κ3) is 23.8. The lowest BCUT2D eigenvalue weighted by Gasteiger charge is -2.16. The van der Waals surface area contributed by atoms with Crippen LogP contribution in [0.5, 0.6) is 17.2 Å². The van der Waals surface area contributed by atoms with Crippen LogP contribution in [0.3, 0.4) is 0 Å². The number of carbonyl (C=O) groups is 4. The van der Waals surface area contributed by atoms with Gasteiger partial charge in [-0.25, -0.2) is 14.4 Å². The van der Waals surface area contributed by atoms with E-state index in [0.29, 0.717) is 19.8 Å². The molecule has 0 aromatic heterocycles. The van der Waals surface area contributed by atoms with Crippen LogP contribution in [0, 0.1) is 30.3 Å². The Hall–Kier alpha value is -6.45. The molecule has 0 bridgehead atoms. The van der Waals surface area contributed by atoms with Gasteiger partial charge in [0.25, 0.3) is 17.1 Å². The standard InChI is InChI=1S/2C13H15NO7.C7H4ClNO4.C6H12O3.C3H6O/c2*1-13(2)19-8-11(21-13)7-18-12(15)20-10-5-3-9(4-6-10)14(16)17;8-7(10)13-6-3-1-5(2-4-6)9(11)12;1-6(2)8-4-5(3-7)9-6;1-3(2)4/h2*3-6,11H,7-8H2,1-2H3;1-4H;5,7H,3-4H2,1-2H3;1-2H3. The Bertz CT molecular complexity index is 2030. The Morgan fingerprint density at radius 1 is 0.559 bits per heavy atom. The van der Waals surface area contributed by atoms with Crippen LogP contribution in [-0.2, 0) is 42.7 Å². The van der Waals surface area contributed by atoms with Gasteiger partial charge >= 0.3 is 17.7 Å². The summed E-state index contributed by atoms with van der Waals surface area (Å²) in [4.78, 5) is 72.2. The van der Waals surface area contributed by atoms with Gasteiger partial charge in [0.2, 0.25) is 0 Å². The van der Waals surface area contributed by atoms with Crippen molar-refractivity contribution in [2.45, 2.75) is 91.1 Å². The van der Waals surface area contributed by atoms with Gasteiger partial charge in [-0.15, -0.1) is 0 Å². The SMILES string of the molecule is CC(C)=O.CC1(C)OCC(CO)O1.CC1(C)OCC(COC(=O)Oc2ccc([N+](=O)[O-])cc2)O1.CC1(C)OCC(COC(=O)Oc2ccc([N+](=O)[O-])cc2)O1.O=C(Cl)Oc1ccc([N+](=O)[O-])cc1. The molecular weight excluding hydrogens is 934 g/mol. The molecule has 3 saturated heterocycles. The molecule has 374 valence electrons. The second-order valence-electron chi connectivity index (χ2n) is 15.4. The molecule has 0 radical (unpaired) electrons. The number of ketones is 1. The van der Waals surface area contributed by atoms with E-state index in [1.807, 2.05) is 13.8 Å². The van der Waals surface area contributed by atoms with Crippen molar-refractivity contribution in [2.24, 2.45) is 0 Å². The first-order chi connectivity index (χ1) is 31.7. The fourth-order valence-electron chi connectivity index (χ4n) is 5.12. The first kappa shape index (κ1) is 57.7. The van der Waals surface area contributed by atoms with Crippen LogP contribution in [-0.4, -0.2) is 119 Å². The van der Waals surface area contributed by atoms with Crippen molar-refractivity contribution in [3.63, 3.8) is 0 Å². The van der Waals surface area contributed by atoms with E-state index < -0.39 is 49.9 Å². The summed E-state index contributed by atoms with van der Waals surface area (Å²) in [5, 5.41) is 39.8. The number of carbonyl (C=O) groups excluding carboxylic acids is 4. The van der Waals surface area contributed by atoms with Crippen molar-refractivity contribution < 1.29 is 91.2 Å². The highest BCUT2D eigenvalue weighted by molar-refractivity contribution is 6.61. The Balaban J connectivity index is 0.000000316. The number of Topliss-reactive ketones (excluding diaryl/α,β-unsaturated/α-hetero) is 1. The monoisotopic (exact) mass is 985 g/mol. The summed E-state index contributed by atoms with van der Waals surface area (Å²) in [5.74, 6) is -1.20. The summed E-state index contributed by atoms with van der Waals surface area (Å²) in [6, 6.07) is 15.2. The van der Waals surface area contributed by atoms with Crippen LogP contribution >= 0.6 is 11.6 Å². The fourth-order valence-corrected chi connectivity index (χ4v) is 5.21. The fraction of sp³-hybridized carbons (Fsp3) is 0.476. The van der Waals surface area contributed by atoms with Crippen LogP contribution in [0.2, 0.25) is 0 Å². The van der Waals surface area contributed by atoms with Gasteiger partial charge in [0.1, 0.15) is 54.6 Å². The number of nitrogens with zero attached hydrogens (tertiary/aromatic N) is 3. The molecule has 6 rings (SSSR count). The zero-order chi connectivity index (χ0) is 51.2. The highest BCUT2D eigenvalue weighted by Gasteiger charge is 2.35. The molecule has 0 saturated carbocycles. The maximum atomic E-state index is 11.5. The third-order valence-electron chi connectivity index (χ3n) is 7.92. The Kier molecular flexibility index (Phi) is 23.2. The number of hydrogen-bond acceptors (Lipinski definition) is 22. The molecule has 3 atom stereocenters. The maximum Gasteiger partial charge on any atom is 0.513 e. The smallest absolute Gasteiger partial charge is 0.431 e. The summed E-state index contributed by atoms with van der Waals surface area (Å²) in [6.07, 6.45) is -2.62. The minimum atomic E-state index is -0.978. The summed E-state index contributed by atoms with van der Waals surface area (Å²) < 4.78 is 56.0. The largest absolute Gasteiger partial charge is 0.513 e. The normalized spacial score (nSPS) is 18.9. The van der Waals surface area contributed by atoms with E-state index in [2.05, 4.69) is 4.74 Å². The van der Waals surface area contributed by atoms with Crippen molar-refractivity contribution in [2.75, 3.05) is 39.6 Å². The zero-order valence-electron chi connectivity index (χ0n) is 38.1. The zero-order valence-corrected chi connectivity index (χ0v) is 38.9. The van der Waals surface area contributed by atoms with E-state index in [0.717, 1.165) is 0 Å². The molecule has 25 nitrogen and oxygen atoms in total. The van der Waals surface area contributed by atoms with E-state index in [4.69, 9.17) is 64.1 Å². The molecular formula is C42H52ClN3O22. The molecule has 3 aliphatic heterocycles. The second kappa shape index (κ2) is 27.4. The van der Waals surface area contributed by atoms with Gasteiger partial charge in [-0.05, 0) is 91.8 Å². The molecule has 3 aromatic carbocycles. The Labute approximate surface area is 393 Å². The van der Waals surface area contributed by atoms with Crippen molar-refractivity contribution in [3.05, 3.63) is 103 Å². The molecule has 1 N–H and O–H groups in total. The van der Waals surface area contributed by atoms with Crippen molar-refractivity contribution >= 4 is 52.2 Å². The quantitative estimate of drug-likeness (QED) is 0.0636. The molecule has 3 heterocycles. The Morgan fingerprint density at radius 3 is 1.03 bits per heavy atom. The molecule has 0 aliphatic carbocycles. The highest BCUT2D eigenvalue weighted by atomic mass is 35.5. The molecule has 0 amide bonds. The van der Waals surface area contributed by atoms with Crippen LogP contribution in [0.1, 0.15) is 55.4 Å². The topological polar surface area (TPSA) is 319 Å². The van der Waals surface area contributed by atoms with Gasteiger partial charge in [0.05, 0.1) is 41.2 Å². The summed E-state index contributed by atoms with van der Waals surface area (Å²) >= 11 is 4.92. The van der Waals surface area contributed by atoms with Crippen molar-refractivity contribution in [1.29, 1.82) is 0 Å². The minimum absolute atomic E-state index is 0.00917. The summed E-state index contributed by atoms with van der Waals surface area (Å²) in [5.41, 5.74) is -1.23. The lowest BCUT2D eigenvalue weighted by atomic mass is 10.3. The van der Waals surface area contributed by atoms with E-state index in [1.165, 1.54) is 86.6 Å². The average Bonchev–Trinajstić information content (AvgIpc) is 3.93.